The summed E-state index contributed by atoms with van der Waals surface area (Å²) in [5, 5.41) is 6.27. The van der Waals surface area contributed by atoms with E-state index in [0.717, 1.165) is 54.3 Å². The van der Waals surface area contributed by atoms with Gasteiger partial charge in [0.15, 0.2) is 5.96 Å². The first kappa shape index (κ1) is 29.8. The molecule has 10 rings (SSSR count). The second kappa shape index (κ2) is 12.6. The van der Waals surface area contributed by atoms with Gasteiger partial charge in [0, 0.05) is 48.3 Å². The minimum atomic E-state index is -0.0663. The van der Waals surface area contributed by atoms with Gasteiger partial charge in [-0.1, -0.05) is 63.1 Å². The lowest BCUT2D eigenvalue weighted by atomic mass is 9.72. The predicted octanol–water partition coefficient (Wildman–Crippen LogP) is 6.71. The Morgan fingerprint density at radius 1 is 0.783 bits per heavy atom. The van der Waals surface area contributed by atoms with Crippen LogP contribution < -0.4 is 11.1 Å². The van der Waals surface area contributed by atoms with Crippen LogP contribution in [0.1, 0.15) is 75.6 Å². The molecule has 0 saturated carbocycles. The summed E-state index contributed by atoms with van der Waals surface area (Å²) in [6, 6.07) is 22.1. The molecule has 10 atom stereocenters. The molecule has 2 unspecified atom stereocenters. The molecule has 8 heterocycles. The normalized spacial score (nSPS) is 32.1. The number of hydrogen-bond donors (Lipinski definition) is 2. The van der Waals surface area contributed by atoms with Crippen LogP contribution in [0, 0.1) is 23.7 Å². The van der Waals surface area contributed by atoms with Crippen molar-refractivity contribution in [2.75, 3.05) is 26.2 Å². The Hall–Kier alpha value is -3.55. The summed E-state index contributed by atoms with van der Waals surface area (Å²) in [5.74, 6) is 3.64. The van der Waals surface area contributed by atoms with Gasteiger partial charge in [-0.05, 0) is 97.8 Å². The molecule has 0 radical (unpaired) electrons. The fourth-order valence-corrected chi connectivity index (χ4v) is 9.82. The van der Waals surface area contributed by atoms with E-state index in [9.17, 15) is 0 Å². The van der Waals surface area contributed by atoms with E-state index in [0.29, 0.717) is 18.0 Å². The third-order valence-corrected chi connectivity index (χ3v) is 12.3. The lowest BCUT2D eigenvalue weighted by Gasteiger charge is -2.52. The molecular weight excluding hydrogens is 566 g/mol. The first-order valence-electron chi connectivity index (χ1n) is 17.9. The van der Waals surface area contributed by atoms with Crippen molar-refractivity contribution >= 4 is 27.8 Å². The summed E-state index contributed by atoms with van der Waals surface area (Å²) in [4.78, 5) is 20.4. The lowest BCUT2D eigenvalue weighted by Crippen LogP contribution is -2.58. The summed E-state index contributed by atoms with van der Waals surface area (Å²) in [7, 11) is 0. The SMILES string of the molecule is CC[C@H]1CN2CC[C@H]1C[C@@H]2[C@H](N=C(N)N[C@H](c1ccnc2ccccc12)[C@H]1C[C@@H]2CCN1C[C@@H]2CC)c1ccnc2ccccc12. The molecule has 46 heavy (non-hydrogen) atoms. The third kappa shape index (κ3) is 5.35. The molecule has 7 heteroatoms. The topological polar surface area (TPSA) is 82.7 Å². The van der Waals surface area contributed by atoms with Crippen LogP contribution in [0.15, 0.2) is 78.0 Å². The highest BCUT2D eigenvalue weighted by Gasteiger charge is 2.45. The molecule has 0 spiro atoms. The second-order valence-electron chi connectivity index (χ2n) is 14.4. The van der Waals surface area contributed by atoms with Gasteiger partial charge in [-0.15, -0.1) is 0 Å². The Bertz CT molecular complexity index is 1710. The summed E-state index contributed by atoms with van der Waals surface area (Å²) >= 11 is 0. The van der Waals surface area contributed by atoms with E-state index in [1.807, 2.05) is 12.4 Å². The number of rotatable bonds is 8. The summed E-state index contributed by atoms with van der Waals surface area (Å²) in [5.41, 5.74) is 11.7. The second-order valence-corrected chi connectivity index (χ2v) is 14.4. The van der Waals surface area contributed by atoms with Crippen molar-refractivity contribution in [1.29, 1.82) is 0 Å². The van der Waals surface area contributed by atoms with Crippen LogP contribution in [0.5, 0.6) is 0 Å². The Labute approximate surface area is 273 Å². The van der Waals surface area contributed by atoms with Gasteiger partial charge in [0.2, 0.25) is 0 Å². The Morgan fingerprint density at radius 3 is 1.89 bits per heavy atom. The number of guanidine groups is 1. The zero-order valence-corrected chi connectivity index (χ0v) is 27.4. The number of benzene rings is 2. The van der Waals surface area contributed by atoms with E-state index in [4.69, 9.17) is 20.7 Å². The number of nitrogens with zero attached hydrogens (tertiary/aromatic N) is 5. The van der Waals surface area contributed by atoms with Crippen molar-refractivity contribution in [1.82, 2.24) is 25.1 Å². The van der Waals surface area contributed by atoms with Crippen LogP contribution in [-0.2, 0) is 0 Å². The van der Waals surface area contributed by atoms with Gasteiger partial charge in [0.05, 0.1) is 23.1 Å². The van der Waals surface area contributed by atoms with E-state index in [1.54, 1.807) is 0 Å². The molecule has 2 aromatic heterocycles. The van der Waals surface area contributed by atoms with Crippen LogP contribution in [0.4, 0.5) is 0 Å². The van der Waals surface area contributed by atoms with Crippen molar-refractivity contribution in [3.63, 3.8) is 0 Å². The van der Waals surface area contributed by atoms with Crippen LogP contribution >= 0.6 is 0 Å². The first-order valence-corrected chi connectivity index (χ1v) is 17.9. The molecule has 4 bridgehead atoms. The zero-order chi connectivity index (χ0) is 31.2. The quantitative estimate of drug-likeness (QED) is 0.169. The molecule has 240 valence electrons. The van der Waals surface area contributed by atoms with Crippen molar-refractivity contribution in [3.05, 3.63) is 84.2 Å². The number of aliphatic imine (C=N–C) groups is 1. The molecule has 7 nitrogen and oxygen atoms in total. The third-order valence-electron chi connectivity index (χ3n) is 12.3. The van der Waals surface area contributed by atoms with Gasteiger partial charge in [-0.2, -0.15) is 0 Å². The maximum atomic E-state index is 7.13. The number of hydrogen-bond acceptors (Lipinski definition) is 5. The molecule has 6 aliphatic heterocycles. The molecule has 2 aromatic carbocycles. The Balaban J connectivity index is 1.19. The van der Waals surface area contributed by atoms with Crippen molar-refractivity contribution in [2.45, 2.75) is 76.5 Å². The molecule has 3 N–H and O–H groups in total. The number of nitrogens with one attached hydrogen (secondary N) is 1. The number of nitrogens with two attached hydrogens (primary N) is 1. The minimum Gasteiger partial charge on any atom is -0.370 e. The number of fused-ring (bicyclic) bond motifs is 8. The summed E-state index contributed by atoms with van der Waals surface area (Å²) in [6.07, 6.45) is 11.4. The van der Waals surface area contributed by atoms with E-state index in [2.05, 4.69) is 89.6 Å². The lowest BCUT2D eigenvalue weighted by molar-refractivity contribution is -0.0138. The Kier molecular flexibility index (Phi) is 8.15. The van der Waals surface area contributed by atoms with E-state index in [-0.39, 0.29) is 12.1 Å². The van der Waals surface area contributed by atoms with E-state index in [1.165, 1.54) is 67.0 Å². The maximum absolute atomic E-state index is 7.13. The number of para-hydroxylation sites is 2. The van der Waals surface area contributed by atoms with E-state index >= 15 is 0 Å². The largest absolute Gasteiger partial charge is 0.370 e. The van der Waals surface area contributed by atoms with Crippen LogP contribution in [0.25, 0.3) is 21.8 Å². The molecule has 0 aliphatic carbocycles. The molecule has 6 aliphatic rings. The molecule has 0 amide bonds. The Morgan fingerprint density at radius 2 is 1.33 bits per heavy atom. The number of piperidine rings is 6. The molecule has 4 aromatic rings. The monoisotopic (exact) mass is 615 g/mol. The van der Waals surface area contributed by atoms with Crippen LogP contribution in [-0.4, -0.2) is 64.0 Å². The fraction of sp³-hybridized carbons (Fsp3) is 0.513. The molecule has 6 fully saturated rings. The van der Waals surface area contributed by atoms with E-state index < -0.39 is 0 Å². The molecule has 6 saturated heterocycles. The minimum absolute atomic E-state index is 0.0275. The zero-order valence-electron chi connectivity index (χ0n) is 27.4. The van der Waals surface area contributed by atoms with Gasteiger partial charge >= 0.3 is 0 Å². The van der Waals surface area contributed by atoms with Crippen molar-refractivity contribution < 1.29 is 0 Å². The first-order chi connectivity index (χ1) is 22.6. The van der Waals surface area contributed by atoms with Gasteiger partial charge in [0.1, 0.15) is 0 Å². The van der Waals surface area contributed by atoms with Gasteiger partial charge in [-0.25, -0.2) is 4.99 Å². The van der Waals surface area contributed by atoms with Crippen molar-refractivity contribution in [3.8, 4) is 0 Å². The highest BCUT2D eigenvalue weighted by atomic mass is 15.3. The van der Waals surface area contributed by atoms with Crippen LogP contribution in [0.2, 0.25) is 0 Å². The highest BCUT2D eigenvalue weighted by molar-refractivity contribution is 5.86. The highest BCUT2D eigenvalue weighted by Crippen LogP contribution is 2.45. The van der Waals surface area contributed by atoms with Crippen LogP contribution in [0.3, 0.4) is 0 Å². The van der Waals surface area contributed by atoms with Gasteiger partial charge in [0.25, 0.3) is 0 Å². The van der Waals surface area contributed by atoms with Crippen molar-refractivity contribution in [2.24, 2.45) is 34.4 Å². The average Bonchev–Trinajstić information content (AvgIpc) is 3.12. The average molecular weight is 616 g/mol. The molecular formula is C39H49N7. The van der Waals surface area contributed by atoms with Gasteiger partial charge < -0.3 is 11.1 Å². The summed E-state index contributed by atoms with van der Waals surface area (Å²) in [6.45, 7) is 9.36. The van der Waals surface area contributed by atoms with Gasteiger partial charge in [-0.3, -0.25) is 19.8 Å². The fourth-order valence-electron chi connectivity index (χ4n) is 9.82. The predicted molar refractivity (Wildman–Crippen MR) is 187 cm³/mol. The smallest absolute Gasteiger partial charge is 0.189 e. The number of pyridine rings is 2. The summed E-state index contributed by atoms with van der Waals surface area (Å²) < 4.78 is 0. The maximum Gasteiger partial charge on any atom is 0.189 e. The standard InChI is InChI=1S/C39H49N7/c1-3-25-23-45-19-15-27(25)21-35(45)37(31-13-17-41-33-11-7-5-9-29(31)33)43-39(40)44-38(32-14-18-42-34-12-8-6-10-30(32)34)36-22-28-16-20-46(36)24-26(28)4-2/h5-14,17-18,25-28,35-38H,3-4,15-16,19-24H2,1-2H3,(H3,40,43,44)/t25-,26-,27-,28-,35+,36+,37+,38+/m0/s1. The number of aromatic nitrogens is 2.